The second-order valence-electron chi connectivity index (χ2n) is 2.80. The Morgan fingerprint density at radius 2 is 2.25 bits per heavy atom. The Labute approximate surface area is 69.4 Å². The molecule has 72 valence electrons. The van der Waals surface area contributed by atoms with E-state index in [1.165, 1.54) is 0 Å². The van der Waals surface area contributed by atoms with E-state index in [1.54, 1.807) is 0 Å². The quantitative estimate of drug-likeness (QED) is 0.296. The van der Waals surface area contributed by atoms with Gasteiger partial charge in [0.25, 0.3) is 0 Å². The second-order valence-corrected chi connectivity index (χ2v) is 2.80. The third-order valence-corrected chi connectivity index (χ3v) is 1.90. The van der Waals surface area contributed by atoms with Crippen LogP contribution in [0.2, 0.25) is 0 Å². The Kier molecular flexibility index (Phi) is 3.39. The molecule has 0 bridgehead atoms. The third-order valence-electron chi connectivity index (χ3n) is 1.90. The Morgan fingerprint density at radius 1 is 1.58 bits per heavy atom. The zero-order valence-electron chi connectivity index (χ0n) is 6.46. The van der Waals surface area contributed by atoms with E-state index in [9.17, 15) is 5.11 Å². The van der Waals surface area contributed by atoms with E-state index in [0.717, 1.165) is 0 Å². The Balaban J connectivity index is 2.50. The Bertz CT molecular complexity index is 130. The van der Waals surface area contributed by atoms with Gasteiger partial charge in [-0.25, -0.2) is 10.1 Å². The van der Waals surface area contributed by atoms with E-state index >= 15 is 0 Å². The first-order chi connectivity index (χ1) is 5.69. The van der Waals surface area contributed by atoms with Gasteiger partial charge in [0.05, 0.1) is 12.7 Å². The Morgan fingerprint density at radius 3 is 2.75 bits per heavy atom. The molecule has 12 heavy (non-hydrogen) atoms. The summed E-state index contributed by atoms with van der Waals surface area (Å²) in [6, 6.07) is -0.434. The highest BCUT2D eigenvalue weighted by atomic mass is 17.1. The molecule has 1 aliphatic heterocycles. The van der Waals surface area contributed by atoms with Crippen LogP contribution in [0.4, 0.5) is 0 Å². The molecular formula is C6H13NO5. The highest BCUT2D eigenvalue weighted by molar-refractivity contribution is 4.83. The van der Waals surface area contributed by atoms with Gasteiger partial charge in [-0.05, 0) is 6.42 Å². The minimum atomic E-state index is -1.11. The maximum Gasteiger partial charge on any atom is 0.217 e. The molecule has 4 atom stereocenters. The van der Waals surface area contributed by atoms with Crippen LogP contribution in [0.25, 0.3) is 0 Å². The molecule has 0 aromatic carbocycles. The molecule has 0 spiro atoms. The van der Waals surface area contributed by atoms with Crippen LogP contribution in [0, 0.1) is 0 Å². The van der Waals surface area contributed by atoms with Crippen LogP contribution < -0.4 is 5.73 Å². The molecule has 6 heteroatoms. The van der Waals surface area contributed by atoms with Crippen LogP contribution in [0.15, 0.2) is 0 Å². The molecule has 1 rings (SSSR count). The van der Waals surface area contributed by atoms with Gasteiger partial charge in [-0.3, -0.25) is 0 Å². The van der Waals surface area contributed by atoms with E-state index in [1.807, 2.05) is 0 Å². The summed E-state index contributed by atoms with van der Waals surface area (Å²) in [5.41, 5.74) is 5.51. The highest BCUT2D eigenvalue weighted by Gasteiger charge is 2.35. The van der Waals surface area contributed by atoms with Gasteiger partial charge in [-0.2, -0.15) is 0 Å². The van der Waals surface area contributed by atoms with Gasteiger partial charge in [0.1, 0.15) is 6.10 Å². The summed E-state index contributed by atoms with van der Waals surface area (Å²) in [7, 11) is 0. The molecule has 0 radical (unpaired) electrons. The normalized spacial score (nSPS) is 43.0. The fraction of sp³-hybridized carbons (Fsp3) is 1.00. The summed E-state index contributed by atoms with van der Waals surface area (Å²) in [6.45, 7) is -0.256. The first kappa shape index (κ1) is 9.85. The summed E-state index contributed by atoms with van der Waals surface area (Å²) in [6.07, 6.45) is -2.42. The number of aliphatic hydroxyl groups excluding tert-OH is 2. The molecular weight excluding hydrogens is 166 g/mol. The van der Waals surface area contributed by atoms with Crippen molar-refractivity contribution < 1.29 is 25.1 Å². The van der Waals surface area contributed by atoms with Gasteiger partial charge in [0.2, 0.25) is 6.29 Å². The average Bonchev–Trinajstić information content (AvgIpc) is 2.05. The lowest BCUT2D eigenvalue weighted by molar-refractivity contribution is -0.386. The maximum absolute atomic E-state index is 9.18. The molecule has 0 aromatic heterocycles. The van der Waals surface area contributed by atoms with Crippen LogP contribution in [-0.2, 0) is 9.62 Å². The highest BCUT2D eigenvalue weighted by Crippen LogP contribution is 2.18. The fourth-order valence-electron chi connectivity index (χ4n) is 1.18. The molecule has 6 nitrogen and oxygen atoms in total. The lowest BCUT2D eigenvalue weighted by Gasteiger charge is -2.34. The van der Waals surface area contributed by atoms with E-state index in [4.69, 9.17) is 20.8 Å². The van der Waals surface area contributed by atoms with Gasteiger partial charge in [-0.1, -0.05) is 0 Å². The predicted octanol–water partition coefficient (Wildman–Crippen LogP) is -1.73. The van der Waals surface area contributed by atoms with Gasteiger partial charge in [-0.15, -0.1) is 0 Å². The lowest BCUT2D eigenvalue weighted by Crippen LogP contribution is -2.53. The SMILES string of the molecule is N[C@H]1CC(O)[C@@H](OO)OC1CO. The van der Waals surface area contributed by atoms with Crippen molar-refractivity contribution in [3.05, 3.63) is 0 Å². The molecule has 1 saturated heterocycles. The van der Waals surface area contributed by atoms with Crippen LogP contribution in [0.3, 0.4) is 0 Å². The number of rotatable bonds is 2. The second kappa shape index (κ2) is 4.13. The minimum Gasteiger partial charge on any atom is -0.394 e. The number of nitrogens with two attached hydrogens (primary N) is 1. The Hall–Kier alpha value is -0.240. The summed E-state index contributed by atoms with van der Waals surface area (Å²) >= 11 is 0. The molecule has 5 N–H and O–H groups in total. The molecule has 1 fully saturated rings. The van der Waals surface area contributed by atoms with Crippen molar-refractivity contribution in [2.45, 2.75) is 31.0 Å². The third kappa shape index (κ3) is 1.92. The summed E-state index contributed by atoms with van der Waals surface area (Å²) in [5, 5.41) is 26.2. The topological polar surface area (TPSA) is 105 Å². The van der Waals surface area contributed by atoms with Crippen molar-refractivity contribution in [1.29, 1.82) is 0 Å². The standard InChI is InChI=1S/C6H13NO5/c7-3-1-4(9)6(12-10)11-5(3)2-8/h3-6,8-10H,1-2,7H2/t3-,4?,5?,6+/m0/s1. The van der Waals surface area contributed by atoms with Crippen molar-refractivity contribution in [2.75, 3.05) is 6.61 Å². The summed E-state index contributed by atoms with van der Waals surface area (Å²) in [5.74, 6) is 0. The van der Waals surface area contributed by atoms with E-state index in [-0.39, 0.29) is 13.0 Å². The average molecular weight is 179 g/mol. The minimum absolute atomic E-state index is 0.233. The number of aliphatic hydroxyl groups is 2. The molecule has 0 saturated carbocycles. The van der Waals surface area contributed by atoms with Gasteiger partial charge >= 0.3 is 0 Å². The molecule has 1 heterocycles. The molecule has 2 unspecified atom stereocenters. The maximum atomic E-state index is 9.18. The number of hydrogen-bond donors (Lipinski definition) is 4. The largest absolute Gasteiger partial charge is 0.394 e. The monoisotopic (exact) mass is 179 g/mol. The van der Waals surface area contributed by atoms with Gasteiger partial charge in [0.15, 0.2) is 0 Å². The van der Waals surface area contributed by atoms with Crippen molar-refractivity contribution in [3.63, 3.8) is 0 Å². The summed E-state index contributed by atoms with van der Waals surface area (Å²) in [4.78, 5) is 3.84. The van der Waals surface area contributed by atoms with Gasteiger partial charge in [0, 0.05) is 6.04 Å². The van der Waals surface area contributed by atoms with E-state index < -0.39 is 24.5 Å². The number of ether oxygens (including phenoxy) is 1. The first-order valence-corrected chi connectivity index (χ1v) is 3.69. The van der Waals surface area contributed by atoms with E-state index in [0.29, 0.717) is 0 Å². The molecule has 1 aliphatic rings. The van der Waals surface area contributed by atoms with Crippen LogP contribution in [0.5, 0.6) is 0 Å². The van der Waals surface area contributed by atoms with Crippen molar-refractivity contribution in [3.8, 4) is 0 Å². The molecule has 0 aromatic rings. The predicted molar refractivity (Wildman–Crippen MR) is 38.1 cm³/mol. The van der Waals surface area contributed by atoms with Crippen LogP contribution in [-0.4, -0.2) is 46.6 Å². The number of hydrogen-bond acceptors (Lipinski definition) is 6. The molecule has 0 aliphatic carbocycles. The zero-order valence-corrected chi connectivity index (χ0v) is 6.46. The van der Waals surface area contributed by atoms with Crippen molar-refractivity contribution in [2.24, 2.45) is 5.73 Å². The van der Waals surface area contributed by atoms with E-state index in [2.05, 4.69) is 4.89 Å². The van der Waals surface area contributed by atoms with Crippen molar-refractivity contribution >= 4 is 0 Å². The fourth-order valence-corrected chi connectivity index (χ4v) is 1.18. The summed E-state index contributed by atoms with van der Waals surface area (Å²) < 4.78 is 4.91. The van der Waals surface area contributed by atoms with Crippen molar-refractivity contribution in [1.82, 2.24) is 0 Å². The smallest absolute Gasteiger partial charge is 0.217 e. The molecule has 0 amide bonds. The van der Waals surface area contributed by atoms with Gasteiger partial charge < -0.3 is 20.7 Å². The van der Waals surface area contributed by atoms with Crippen LogP contribution in [0.1, 0.15) is 6.42 Å². The first-order valence-electron chi connectivity index (χ1n) is 3.69. The lowest BCUT2D eigenvalue weighted by atomic mass is 10.0. The van der Waals surface area contributed by atoms with Crippen LogP contribution >= 0.6 is 0 Å². The zero-order chi connectivity index (χ0) is 9.14.